The molecule has 1 aromatic carbocycles. The summed E-state index contributed by atoms with van der Waals surface area (Å²) in [5, 5.41) is 9.15. The molecule has 0 unspecified atom stereocenters. The fraction of sp³-hybridized carbons (Fsp3) is 0.182. The Hall–Kier alpha value is -2.02. The smallest absolute Gasteiger partial charge is 0.373 e. The zero-order valence-electron chi connectivity index (χ0n) is 9.63. The van der Waals surface area contributed by atoms with E-state index in [2.05, 4.69) is 0 Å². The molecule has 6 nitrogen and oxygen atoms in total. The van der Waals surface area contributed by atoms with E-state index < -0.39 is 21.6 Å². The van der Waals surface area contributed by atoms with E-state index in [1.54, 1.807) is 6.07 Å². The summed E-state index contributed by atoms with van der Waals surface area (Å²) in [6.07, 6.45) is 0.927. The molecule has 0 aliphatic heterocycles. The van der Waals surface area contributed by atoms with Crippen LogP contribution >= 0.6 is 0 Å². The van der Waals surface area contributed by atoms with Crippen LogP contribution in [0, 0.1) is 0 Å². The average Bonchev–Trinajstić information content (AvgIpc) is 2.67. The number of carboxylic acid groups (broad SMARTS) is 1. The topological polar surface area (TPSA) is 93.8 Å². The Bertz CT molecular complexity index is 725. The van der Waals surface area contributed by atoms with Gasteiger partial charge < -0.3 is 14.3 Å². The van der Waals surface area contributed by atoms with Gasteiger partial charge >= 0.3 is 5.97 Å². The third kappa shape index (κ3) is 1.82. The van der Waals surface area contributed by atoms with Crippen LogP contribution in [-0.2, 0) is 9.84 Å². The van der Waals surface area contributed by atoms with Crippen molar-refractivity contribution in [1.82, 2.24) is 0 Å². The molecule has 1 aromatic heterocycles. The van der Waals surface area contributed by atoms with Crippen LogP contribution in [0.3, 0.4) is 0 Å². The van der Waals surface area contributed by atoms with Crippen molar-refractivity contribution in [1.29, 1.82) is 0 Å². The highest BCUT2D eigenvalue weighted by molar-refractivity contribution is 7.91. The second-order valence-electron chi connectivity index (χ2n) is 3.67. The molecule has 1 heterocycles. The normalized spacial score (nSPS) is 11.7. The lowest BCUT2D eigenvalue weighted by atomic mass is 10.2. The molecule has 18 heavy (non-hydrogen) atoms. The summed E-state index contributed by atoms with van der Waals surface area (Å²) in [5.74, 6) is -1.78. The van der Waals surface area contributed by atoms with Gasteiger partial charge in [-0.1, -0.05) is 6.07 Å². The summed E-state index contributed by atoms with van der Waals surface area (Å²) in [4.78, 5) is 10.7. The van der Waals surface area contributed by atoms with E-state index in [1.165, 1.54) is 19.2 Å². The molecule has 0 atom stereocenters. The number of carbonyl (C=O) groups is 1. The zero-order valence-corrected chi connectivity index (χ0v) is 10.4. The van der Waals surface area contributed by atoms with Gasteiger partial charge in [-0.15, -0.1) is 0 Å². The van der Waals surface area contributed by atoms with E-state index in [0.717, 1.165) is 6.26 Å². The standard InChI is InChI=1S/C11H10O6S/c1-16-6-4-3-5-7-8(6)10(18(2,14)15)9(17-7)11(12)13/h3-5H,1-2H3,(H,12,13). The SMILES string of the molecule is COc1cccc2oc(C(=O)O)c(S(C)(=O)=O)c12. The van der Waals surface area contributed by atoms with Crippen molar-refractivity contribution in [3.05, 3.63) is 24.0 Å². The van der Waals surface area contributed by atoms with Crippen LogP contribution in [0.4, 0.5) is 0 Å². The van der Waals surface area contributed by atoms with E-state index in [4.69, 9.17) is 14.3 Å². The van der Waals surface area contributed by atoms with Crippen molar-refractivity contribution in [3.63, 3.8) is 0 Å². The Balaban J connectivity index is 3.02. The van der Waals surface area contributed by atoms with Crippen molar-refractivity contribution < 1.29 is 27.5 Å². The zero-order chi connectivity index (χ0) is 13.5. The number of sulfone groups is 1. The Morgan fingerprint density at radius 1 is 1.39 bits per heavy atom. The lowest BCUT2D eigenvalue weighted by Crippen LogP contribution is -2.05. The molecule has 1 N–H and O–H groups in total. The molecule has 96 valence electrons. The van der Waals surface area contributed by atoms with Crippen LogP contribution < -0.4 is 4.74 Å². The fourth-order valence-corrected chi connectivity index (χ4v) is 2.79. The minimum Gasteiger partial charge on any atom is -0.496 e. The van der Waals surface area contributed by atoms with Crippen LogP contribution in [0.25, 0.3) is 11.0 Å². The maximum absolute atomic E-state index is 11.7. The molecule has 0 saturated carbocycles. The van der Waals surface area contributed by atoms with Gasteiger partial charge in [0.2, 0.25) is 5.76 Å². The highest BCUT2D eigenvalue weighted by atomic mass is 32.2. The van der Waals surface area contributed by atoms with Crippen molar-refractivity contribution >= 4 is 26.8 Å². The number of methoxy groups -OCH3 is 1. The van der Waals surface area contributed by atoms with Crippen molar-refractivity contribution in [3.8, 4) is 5.75 Å². The molecule has 0 bridgehead atoms. The molecule has 0 aliphatic rings. The van der Waals surface area contributed by atoms with Crippen LogP contribution in [0.2, 0.25) is 0 Å². The van der Waals surface area contributed by atoms with Gasteiger partial charge in [-0.05, 0) is 12.1 Å². The van der Waals surface area contributed by atoms with Crippen LogP contribution in [0.5, 0.6) is 5.75 Å². The highest BCUT2D eigenvalue weighted by Gasteiger charge is 2.29. The van der Waals surface area contributed by atoms with Gasteiger partial charge in [-0.3, -0.25) is 0 Å². The Morgan fingerprint density at radius 3 is 2.56 bits per heavy atom. The number of rotatable bonds is 3. The average molecular weight is 270 g/mol. The van der Waals surface area contributed by atoms with Gasteiger partial charge in [-0.2, -0.15) is 0 Å². The Kier molecular flexibility index (Phi) is 2.78. The Morgan fingerprint density at radius 2 is 2.06 bits per heavy atom. The summed E-state index contributed by atoms with van der Waals surface area (Å²) in [5.41, 5.74) is 0.159. The number of hydrogen-bond acceptors (Lipinski definition) is 5. The van der Waals surface area contributed by atoms with E-state index in [9.17, 15) is 13.2 Å². The number of hydrogen-bond donors (Lipinski definition) is 1. The molecule has 7 heteroatoms. The van der Waals surface area contributed by atoms with E-state index >= 15 is 0 Å². The first kappa shape index (κ1) is 12.4. The predicted molar refractivity (Wildman–Crippen MR) is 62.8 cm³/mol. The molecule has 2 rings (SSSR count). The summed E-state index contributed by atoms with van der Waals surface area (Å²) in [6, 6.07) is 4.61. The molecule has 0 aliphatic carbocycles. The molecular weight excluding hydrogens is 260 g/mol. The largest absolute Gasteiger partial charge is 0.496 e. The van der Waals surface area contributed by atoms with Gasteiger partial charge in [-0.25, -0.2) is 13.2 Å². The number of furan rings is 1. The van der Waals surface area contributed by atoms with E-state index in [1.807, 2.05) is 0 Å². The van der Waals surface area contributed by atoms with Gasteiger partial charge in [0.05, 0.1) is 12.5 Å². The molecule has 0 fully saturated rings. The van der Waals surface area contributed by atoms with Gasteiger partial charge in [0.1, 0.15) is 16.2 Å². The van der Waals surface area contributed by atoms with E-state index in [0.29, 0.717) is 0 Å². The van der Waals surface area contributed by atoms with Crippen molar-refractivity contribution in [2.45, 2.75) is 4.90 Å². The summed E-state index contributed by atoms with van der Waals surface area (Å²) in [7, 11) is -2.38. The quantitative estimate of drug-likeness (QED) is 0.909. The van der Waals surface area contributed by atoms with Crippen molar-refractivity contribution in [2.75, 3.05) is 13.4 Å². The first-order valence-corrected chi connectivity index (χ1v) is 6.78. The highest BCUT2D eigenvalue weighted by Crippen LogP contribution is 2.36. The Labute approximate surface area is 103 Å². The number of benzene rings is 1. The van der Waals surface area contributed by atoms with Crippen LogP contribution in [0.1, 0.15) is 10.6 Å². The molecule has 0 spiro atoms. The molecule has 0 saturated heterocycles. The van der Waals surface area contributed by atoms with Gasteiger partial charge in [0.25, 0.3) is 0 Å². The number of ether oxygens (including phenoxy) is 1. The molecule has 0 radical (unpaired) electrons. The first-order chi connectivity index (χ1) is 8.36. The van der Waals surface area contributed by atoms with Crippen LogP contribution in [-0.4, -0.2) is 32.9 Å². The second-order valence-corrected chi connectivity index (χ2v) is 5.62. The van der Waals surface area contributed by atoms with E-state index in [-0.39, 0.29) is 21.6 Å². The molecule has 2 aromatic rings. The third-order valence-electron chi connectivity index (χ3n) is 2.42. The number of carboxylic acids is 1. The number of fused-ring (bicyclic) bond motifs is 1. The third-order valence-corrected chi connectivity index (χ3v) is 3.55. The minimum atomic E-state index is -3.75. The summed E-state index contributed by atoms with van der Waals surface area (Å²) < 4.78 is 33.6. The number of aromatic carboxylic acids is 1. The van der Waals surface area contributed by atoms with Gasteiger partial charge in [0, 0.05) is 6.26 Å². The monoisotopic (exact) mass is 270 g/mol. The summed E-state index contributed by atoms with van der Waals surface area (Å²) >= 11 is 0. The maximum atomic E-state index is 11.7. The lowest BCUT2D eigenvalue weighted by molar-refractivity contribution is 0.0659. The summed E-state index contributed by atoms with van der Waals surface area (Å²) in [6.45, 7) is 0. The molecule has 0 amide bonds. The van der Waals surface area contributed by atoms with Gasteiger partial charge in [0.15, 0.2) is 9.84 Å². The fourth-order valence-electron chi connectivity index (χ4n) is 1.75. The molecular formula is C11H10O6S. The lowest BCUT2D eigenvalue weighted by Gasteiger charge is -2.02. The maximum Gasteiger partial charge on any atom is 0.373 e. The van der Waals surface area contributed by atoms with Crippen LogP contribution in [0.15, 0.2) is 27.5 Å². The first-order valence-electron chi connectivity index (χ1n) is 4.89. The predicted octanol–water partition coefficient (Wildman–Crippen LogP) is 1.54. The van der Waals surface area contributed by atoms with Crippen molar-refractivity contribution in [2.24, 2.45) is 0 Å². The second kappa shape index (κ2) is 4.02. The minimum absolute atomic E-state index is 0.153.